The topological polar surface area (TPSA) is 71.5 Å². The van der Waals surface area contributed by atoms with Gasteiger partial charge in [-0.2, -0.15) is 13.2 Å². The van der Waals surface area contributed by atoms with E-state index in [0.29, 0.717) is 38.8 Å². The molecule has 2 amide bonds. The van der Waals surface area contributed by atoms with Gasteiger partial charge in [0, 0.05) is 42.7 Å². The number of hydrogen-bond acceptors (Lipinski definition) is 4. The molecule has 1 aliphatic heterocycles. The van der Waals surface area contributed by atoms with Gasteiger partial charge < -0.3 is 15.0 Å². The Labute approximate surface area is 219 Å². The van der Waals surface area contributed by atoms with Crippen LogP contribution < -0.4 is 10.1 Å². The zero-order valence-electron chi connectivity index (χ0n) is 21.3. The second-order valence-corrected chi connectivity index (χ2v) is 9.49. The molecule has 1 saturated heterocycles. The van der Waals surface area contributed by atoms with E-state index in [1.54, 1.807) is 11.1 Å². The fourth-order valence-corrected chi connectivity index (χ4v) is 4.68. The van der Waals surface area contributed by atoms with Crippen LogP contribution in [0, 0.1) is 6.92 Å². The number of alkyl halides is 3. The van der Waals surface area contributed by atoms with E-state index in [0.717, 1.165) is 34.6 Å². The van der Waals surface area contributed by atoms with Gasteiger partial charge in [0.15, 0.2) is 0 Å². The van der Waals surface area contributed by atoms with Gasteiger partial charge in [0.2, 0.25) is 5.91 Å². The summed E-state index contributed by atoms with van der Waals surface area (Å²) in [7, 11) is 1.27. The molecule has 3 aromatic rings. The highest BCUT2D eigenvalue weighted by Gasteiger charge is 2.33. The molecule has 38 heavy (non-hydrogen) atoms. The van der Waals surface area contributed by atoms with E-state index in [1.165, 1.54) is 13.2 Å². The molecule has 1 fully saturated rings. The van der Waals surface area contributed by atoms with Gasteiger partial charge in [0.1, 0.15) is 5.75 Å². The third kappa shape index (κ3) is 6.90. The highest BCUT2D eigenvalue weighted by molar-refractivity contribution is 5.95. The van der Waals surface area contributed by atoms with Crippen LogP contribution in [0.5, 0.6) is 5.75 Å². The minimum absolute atomic E-state index is 0.00213. The summed E-state index contributed by atoms with van der Waals surface area (Å²) in [6.45, 7) is 2.80. The Morgan fingerprint density at radius 1 is 1.05 bits per heavy atom. The summed E-state index contributed by atoms with van der Waals surface area (Å²) in [5.74, 6) is -0.287. The van der Waals surface area contributed by atoms with E-state index < -0.39 is 17.6 Å². The molecule has 0 saturated carbocycles. The number of pyridine rings is 1. The molecule has 2 heterocycles. The SMILES string of the molecule is COc1cc(C(=O)N2CCC(c3ccc(NC(=O)CCc4ccnc(C)c4)cc3)CC2)cc(C(F)(F)F)c1. The van der Waals surface area contributed by atoms with Crippen molar-refractivity contribution in [2.45, 2.75) is 44.7 Å². The number of aryl methyl sites for hydroxylation is 2. The monoisotopic (exact) mass is 525 g/mol. The number of ether oxygens (including phenoxy) is 1. The van der Waals surface area contributed by atoms with E-state index in [2.05, 4.69) is 10.3 Å². The number of amides is 2. The summed E-state index contributed by atoms with van der Waals surface area (Å²) >= 11 is 0. The fraction of sp³-hybridized carbons (Fsp3) is 0.345. The Balaban J connectivity index is 1.30. The van der Waals surface area contributed by atoms with Crippen LogP contribution in [-0.4, -0.2) is 41.9 Å². The van der Waals surface area contributed by atoms with Crippen molar-refractivity contribution in [3.8, 4) is 5.75 Å². The first-order chi connectivity index (χ1) is 18.1. The summed E-state index contributed by atoms with van der Waals surface area (Å²) in [6.07, 6.45) is -0.434. The van der Waals surface area contributed by atoms with Crippen molar-refractivity contribution in [1.82, 2.24) is 9.88 Å². The highest BCUT2D eigenvalue weighted by atomic mass is 19.4. The summed E-state index contributed by atoms with van der Waals surface area (Å²) in [4.78, 5) is 31.1. The van der Waals surface area contributed by atoms with Gasteiger partial charge in [0.05, 0.1) is 12.7 Å². The van der Waals surface area contributed by atoms with Gasteiger partial charge in [-0.25, -0.2) is 0 Å². The summed E-state index contributed by atoms with van der Waals surface area (Å²) < 4.78 is 44.7. The zero-order valence-corrected chi connectivity index (χ0v) is 21.3. The second-order valence-electron chi connectivity index (χ2n) is 9.49. The number of anilines is 1. The number of nitrogens with zero attached hydrogens (tertiary/aromatic N) is 2. The van der Waals surface area contributed by atoms with Gasteiger partial charge in [-0.3, -0.25) is 14.6 Å². The minimum atomic E-state index is -4.57. The van der Waals surface area contributed by atoms with Gasteiger partial charge in [-0.05, 0) is 85.7 Å². The lowest BCUT2D eigenvalue weighted by molar-refractivity contribution is -0.137. The van der Waals surface area contributed by atoms with E-state index in [1.807, 2.05) is 43.3 Å². The summed E-state index contributed by atoms with van der Waals surface area (Å²) in [5.41, 5.74) is 2.87. The first-order valence-electron chi connectivity index (χ1n) is 12.5. The lowest BCUT2D eigenvalue weighted by atomic mass is 9.89. The molecule has 0 atom stereocenters. The Morgan fingerprint density at radius 2 is 1.76 bits per heavy atom. The Morgan fingerprint density at radius 3 is 2.39 bits per heavy atom. The molecule has 0 bridgehead atoms. The van der Waals surface area contributed by atoms with E-state index in [4.69, 9.17) is 4.74 Å². The molecule has 1 aliphatic rings. The molecule has 6 nitrogen and oxygen atoms in total. The van der Waals surface area contributed by atoms with E-state index >= 15 is 0 Å². The van der Waals surface area contributed by atoms with Crippen molar-refractivity contribution in [3.05, 3.63) is 88.7 Å². The zero-order chi connectivity index (χ0) is 27.3. The smallest absolute Gasteiger partial charge is 0.416 e. The number of hydrogen-bond donors (Lipinski definition) is 1. The molecule has 0 spiro atoms. The lowest BCUT2D eigenvalue weighted by Gasteiger charge is -2.32. The van der Waals surface area contributed by atoms with Crippen LogP contribution in [0.25, 0.3) is 0 Å². The van der Waals surface area contributed by atoms with Crippen molar-refractivity contribution in [2.75, 3.05) is 25.5 Å². The van der Waals surface area contributed by atoms with Crippen LogP contribution in [0.15, 0.2) is 60.8 Å². The van der Waals surface area contributed by atoms with Crippen LogP contribution in [0.2, 0.25) is 0 Å². The Bertz CT molecular complexity index is 1280. The minimum Gasteiger partial charge on any atom is -0.497 e. The summed E-state index contributed by atoms with van der Waals surface area (Å²) in [5, 5.41) is 2.92. The maximum absolute atomic E-state index is 13.2. The van der Waals surface area contributed by atoms with E-state index in [-0.39, 0.29) is 23.1 Å². The first kappa shape index (κ1) is 27.2. The number of piperidine rings is 1. The molecular weight excluding hydrogens is 495 g/mol. The van der Waals surface area contributed by atoms with Gasteiger partial charge >= 0.3 is 6.18 Å². The number of likely N-dealkylation sites (tertiary alicyclic amines) is 1. The number of carbonyl (C=O) groups excluding carboxylic acids is 2. The second kappa shape index (κ2) is 11.7. The van der Waals surface area contributed by atoms with Gasteiger partial charge in [-0.15, -0.1) is 0 Å². The molecule has 1 N–H and O–H groups in total. The summed E-state index contributed by atoms with van der Waals surface area (Å²) in [6, 6.07) is 14.7. The number of methoxy groups -OCH3 is 1. The largest absolute Gasteiger partial charge is 0.497 e. The molecule has 1 aromatic heterocycles. The molecule has 200 valence electrons. The third-order valence-electron chi connectivity index (χ3n) is 6.77. The quantitative estimate of drug-likeness (QED) is 0.410. The molecule has 2 aromatic carbocycles. The van der Waals surface area contributed by atoms with Crippen molar-refractivity contribution in [1.29, 1.82) is 0 Å². The maximum atomic E-state index is 13.2. The number of rotatable bonds is 7. The first-order valence-corrected chi connectivity index (χ1v) is 12.5. The van der Waals surface area contributed by atoms with Crippen molar-refractivity contribution < 1.29 is 27.5 Å². The predicted octanol–water partition coefficient (Wildman–Crippen LogP) is 6.01. The van der Waals surface area contributed by atoms with Crippen LogP contribution in [0.4, 0.5) is 18.9 Å². The van der Waals surface area contributed by atoms with Gasteiger partial charge in [0.25, 0.3) is 5.91 Å². The van der Waals surface area contributed by atoms with Crippen LogP contribution in [-0.2, 0) is 17.4 Å². The third-order valence-corrected chi connectivity index (χ3v) is 6.77. The average molecular weight is 526 g/mol. The number of halogens is 3. The van der Waals surface area contributed by atoms with Crippen LogP contribution in [0.1, 0.15) is 57.9 Å². The molecule has 9 heteroatoms. The van der Waals surface area contributed by atoms with E-state index in [9.17, 15) is 22.8 Å². The molecule has 0 unspecified atom stereocenters. The van der Waals surface area contributed by atoms with Crippen molar-refractivity contribution >= 4 is 17.5 Å². The lowest BCUT2D eigenvalue weighted by Crippen LogP contribution is -2.38. The Hall–Kier alpha value is -3.88. The molecule has 0 radical (unpaired) electrons. The Kier molecular flexibility index (Phi) is 8.34. The number of carbonyl (C=O) groups is 2. The van der Waals surface area contributed by atoms with Crippen molar-refractivity contribution in [3.63, 3.8) is 0 Å². The molecule has 0 aliphatic carbocycles. The molecule has 4 rings (SSSR count). The van der Waals surface area contributed by atoms with Crippen molar-refractivity contribution in [2.24, 2.45) is 0 Å². The highest BCUT2D eigenvalue weighted by Crippen LogP contribution is 2.34. The number of aromatic nitrogens is 1. The fourth-order valence-electron chi connectivity index (χ4n) is 4.68. The van der Waals surface area contributed by atoms with Crippen LogP contribution in [0.3, 0.4) is 0 Å². The predicted molar refractivity (Wildman–Crippen MR) is 138 cm³/mol. The molecular formula is C29H30F3N3O3. The standard InChI is InChI=1S/C29H30F3N3O3/c1-19-15-20(9-12-33-19)3-8-27(36)34-25-6-4-21(5-7-25)22-10-13-35(14-11-22)28(37)23-16-24(29(30,31)32)18-26(17-23)38-2/h4-7,9,12,15-18,22H,3,8,10-11,13-14H2,1-2H3,(H,34,36). The van der Waals surface area contributed by atoms with Crippen LogP contribution >= 0.6 is 0 Å². The average Bonchev–Trinajstić information content (AvgIpc) is 2.91. The maximum Gasteiger partial charge on any atom is 0.416 e. The normalized spacial score (nSPS) is 14.3. The number of nitrogens with one attached hydrogen (secondary N) is 1. The number of benzene rings is 2. The van der Waals surface area contributed by atoms with Gasteiger partial charge in [-0.1, -0.05) is 12.1 Å².